The number of fused-ring (bicyclic) bond motifs is 1. The predicted octanol–water partition coefficient (Wildman–Crippen LogP) is 1.49. The first-order valence-electron chi connectivity index (χ1n) is 17.4. The van der Waals surface area contributed by atoms with Gasteiger partial charge in [0.25, 0.3) is 32.1 Å². The van der Waals surface area contributed by atoms with Crippen LogP contribution in [0.25, 0.3) is 10.8 Å². The minimum Gasteiger partial charge on any atom is -0.862 e. The number of aliphatic imine (C=N–C) groups is 2. The molecule has 17 nitrogen and oxygen atoms in total. The topological polar surface area (TPSA) is 284 Å². The van der Waals surface area contributed by atoms with Crippen LogP contribution in [0.5, 0.6) is 0 Å². The summed E-state index contributed by atoms with van der Waals surface area (Å²) >= 11 is 1.85. The van der Waals surface area contributed by atoms with Crippen LogP contribution in [0.15, 0.2) is 38.0 Å². The summed E-state index contributed by atoms with van der Waals surface area (Å²) in [5.74, 6) is -1.22. The van der Waals surface area contributed by atoms with Gasteiger partial charge in [-0.1, -0.05) is 12.8 Å². The molecule has 3 aliphatic heterocycles. The molecule has 20 heteroatoms. The maximum absolute atomic E-state index is 13.3. The molecule has 0 aromatic heterocycles. The Morgan fingerprint density at radius 3 is 2.06 bits per heavy atom. The number of urea groups is 1. The zero-order valence-electron chi connectivity index (χ0n) is 28.8. The molecule has 3 unspecified atom stereocenters. The number of nitrogens with zero attached hydrogens (tertiary/aromatic N) is 3. The second-order valence-corrected chi connectivity index (χ2v) is 17.3. The van der Waals surface area contributed by atoms with Crippen molar-refractivity contribution in [2.45, 2.75) is 97.8 Å². The van der Waals surface area contributed by atoms with Gasteiger partial charge in [0.15, 0.2) is 0 Å². The molecule has 0 saturated carbocycles. The standard InChI is InChI=1S/C33H44N6O11S3/c34-29-20-15-19(52(45,46)47)16-21-28(20)22(17-25(29)53(48,49)50)32(43)39(31(21)42)14-8-2-7-13-36-26(40)10-3-1-6-12-35-27(41)11-5-4-9-24-30-23(18-51-24)37-33(44)38-30/h15-17,23-24,30H,1-14,18,34H2,(H,35,41)(H,36,40)(H2,37,38,44)(H,45,46,47)(H,48,49,50)/p-2. The van der Waals surface area contributed by atoms with E-state index >= 15 is 0 Å². The second-order valence-electron chi connectivity index (χ2n) is 13.2. The van der Waals surface area contributed by atoms with E-state index < -0.39 is 47.5 Å². The quantitative estimate of drug-likeness (QED) is 0.0257. The van der Waals surface area contributed by atoms with Crippen LogP contribution in [0.4, 0.5) is 10.5 Å². The van der Waals surface area contributed by atoms with Crippen molar-refractivity contribution in [3.05, 3.63) is 29.3 Å². The van der Waals surface area contributed by atoms with Crippen LogP contribution in [0, 0.1) is 0 Å². The van der Waals surface area contributed by atoms with Crippen molar-refractivity contribution in [3.63, 3.8) is 0 Å². The van der Waals surface area contributed by atoms with E-state index in [-0.39, 0.29) is 77.7 Å². The Bertz CT molecular complexity index is 2020. The molecule has 3 heterocycles. The van der Waals surface area contributed by atoms with Crippen LogP contribution in [-0.4, -0.2) is 103 Å². The van der Waals surface area contributed by atoms with E-state index in [4.69, 9.17) is 5.73 Å². The van der Waals surface area contributed by atoms with Gasteiger partial charge in [0.05, 0.1) is 33.8 Å². The number of carbonyl (C=O) groups excluding carboxylic acids is 3. The summed E-state index contributed by atoms with van der Waals surface area (Å²) in [5.41, 5.74) is 4.73. The third kappa shape index (κ3) is 9.77. The molecule has 2 saturated heterocycles. The van der Waals surface area contributed by atoms with Gasteiger partial charge in [0.2, 0.25) is 0 Å². The normalized spacial score (nSPS) is 20.6. The molecule has 5 rings (SSSR count). The van der Waals surface area contributed by atoms with E-state index in [0.717, 1.165) is 54.5 Å². The first-order chi connectivity index (χ1) is 25.1. The maximum Gasteiger partial charge on any atom is 0.315 e. The predicted molar refractivity (Wildman–Crippen MR) is 194 cm³/mol. The Hall–Kier alpha value is -3.98. The molecule has 0 spiro atoms. The number of anilines is 1. The van der Waals surface area contributed by atoms with Crippen LogP contribution in [0.3, 0.4) is 0 Å². The lowest BCUT2D eigenvalue weighted by molar-refractivity contribution is -0.220. The van der Waals surface area contributed by atoms with Crippen molar-refractivity contribution in [2.24, 2.45) is 9.98 Å². The monoisotopic (exact) mass is 794 g/mol. The van der Waals surface area contributed by atoms with Gasteiger partial charge in [-0.25, -0.2) is 4.79 Å². The van der Waals surface area contributed by atoms with Gasteiger partial charge in [-0.3, -0.25) is 23.6 Å². The Balaban J connectivity index is 1.000. The summed E-state index contributed by atoms with van der Waals surface area (Å²) < 4.78 is 67.2. The Labute approximate surface area is 311 Å². The zero-order valence-corrected chi connectivity index (χ0v) is 31.2. The van der Waals surface area contributed by atoms with Crippen LogP contribution < -0.4 is 26.6 Å². The molecule has 0 radical (unpaired) electrons. The lowest BCUT2D eigenvalue weighted by atomic mass is 9.93. The highest BCUT2D eigenvalue weighted by molar-refractivity contribution is 8.00. The number of nitrogen functional groups attached to an aromatic ring is 1. The molecular weight excluding hydrogens is 753 g/mol. The number of thioether (sulfide) groups is 1. The summed E-state index contributed by atoms with van der Waals surface area (Å²) in [7, 11) is -9.84. The summed E-state index contributed by atoms with van der Waals surface area (Å²) in [6.07, 6.45) is 6.49. The van der Waals surface area contributed by atoms with E-state index in [1.54, 1.807) is 0 Å². The Morgan fingerprint density at radius 2 is 1.43 bits per heavy atom. The fourth-order valence-electron chi connectivity index (χ4n) is 6.77. The fourth-order valence-corrected chi connectivity index (χ4v) is 9.50. The first-order valence-corrected chi connectivity index (χ1v) is 21.3. The van der Waals surface area contributed by atoms with Crippen molar-refractivity contribution < 1.29 is 50.5 Å². The molecular formula is C33H42N6O11S3-2. The molecule has 0 bridgehead atoms. The summed E-state index contributed by atoms with van der Waals surface area (Å²) in [6, 6.07) is 2.78. The number of amides is 4. The van der Waals surface area contributed by atoms with Crippen LogP contribution in [0.2, 0.25) is 0 Å². The highest BCUT2D eigenvalue weighted by Gasteiger charge is 2.42. The summed E-state index contributed by atoms with van der Waals surface area (Å²) in [5, 5.41) is 30.1. The van der Waals surface area contributed by atoms with E-state index in [1.165, 1.54) is 0 Å². The molecule has 6 N–H and O–H groups in total. The lowest BCUT2D eigenvalue weighted by Crippen LogP contribution is -2.41. The van der Waals surface area contributed by atoms with E-state index in [9.17, 15) is 50.5 Å². The summed E-state index contributed by atoms with van der Waals surface area (Å²) in [4.78, 5) is 45.5. The number of carbonyl (C=O) groups is 3. The van der Waals surface area contributed by atoms with Crippen molar-refractivity contribution in [1.82, 2.24) is 15.5 Å². The highest BCUT2D eigenvalue weighted by atomic mass is 32.2. The minimum absolute atomic E-state index is 0.104. The summed E-state index contributed by atoms with van der Waals surface area (Å²) in [6.45, 7) is 0.513. The molecule has 2 aromatic rings. The third-order valence-corrected chi connectivity index (χ3v) is 12.7. The number of imide groups is 1. The minimum atomic E-state index is -4.96. The fraction of sp³-hybridized carbons (Fsp3) is 0.545. The zero-order chi connectivity index (χ0) is 38.5. The molecule has 3 atom stereocenters. The van der Waals surface area contributed by atoms with Crippen molar-refractivity contribution in [3.8, 4) is 0 Å². The molecule has 2 aromatic carbocycles. The number of rotatable bonds is 19. The molecule has 290 valence electrons. The van der Waals surface area contributed by atoms with Crippen LogP contribution in [-0.2, 0) is 20.2 Å². The van der Waals surface area contributed by atoms with Crippen molar-refractivity contribution in [2.75, 3.05) is 31.1 Å². The molecule has 53 heavy (non-hydrogen) atoms. The largest absolute Gasteiger partial charge is 0.862 e. The van der Waals surface area contributed by atoms with Crippen LogP contribution in [0.1, 0.15) is 91.3 Å². The van der Waals surface area contributed by atoms with Gasteiger partial charge < -0.3 is 36.6 Å². The number of unbranched alkanes of at least 4 members (excludes halogenated alkanes) is 5. The van der Waals surface area contributed by atoms with Crippen LogP contribution >= 0.6 is 11.8 Å². The Morgan fingerprint density at radius 1 is 0.830 bits per heavy atom. The van der Waals surface area contributed by atoms with Gasteiger partial charge in [-0.05, 0) is 87.8 Å². The van der Waals surface area contributed by atoms with E-state index in [1.807, 2.05) is 11.8 Å². The maximum atomic E-state index is 13.3. The molecule has 0 aliphatic carbocycles. The van der Waals surface area contributed by atoms with E-state index in [2.05, 4.69) is 20.6 Å². The number of hydrogen-bond donors (Lipinski definition) is 5. The van der Waals surface area contributed by atoms with Gasteiger partial charge in [-0.2, -0.15) is 28.6 Å². The second kappa shape index (κ2) is 17.0. The molecule has 4 amide bonds. The van der Waals surface area contributed by atoms with Crippen molar-refractivity contribution >= 4 is 78.1 Å². The molecule has 3 aliphatic rings. The third-order valence-electron chi connectivity index (χ3n) is 9.47. The average molecular weight is 795 g/mol. The van der Waals surface area contributed by atoms with E-state index in [0.29, 0.717) is 43.9 Å². The average Bonchev–Trinajstić information content (AvgIpc) is 3.64. The molecule has 2 fully saturated rings. The van der Waals surface area contributed by atoms with Crippen molar-refractivity contribution in [1.29, 1.82) is 0 Å². The number of nitrogens with two attached hydrogens (primary N) is 1. The van der Waals surface area contributed by atoms with Gasteiger partial charge in [0.1, 0.15) is 4.90 Å². The number of benzene rings is 2. The first kappa shape index (κ1) is 40.2. The van der Waals surface area contributed by atoms with Gasteiger partial charge >= 0.3 is 6.03 Å². The SMILES string of the molecule is Nc1c(S(=O)(=O)O)cc2c3c(cc(S(=O)(=O)O)cc13)C(=O)N(CCCCCN=C([O-])CCCCCN=C([O-])CCCCC1SCC3NC(=O)NC31)C2=O. The number of hydrogen-bond acceptors (Lipinski definition) is 13. The Kier molecular flexibility index (Phi) is 12.9. The van der Waals surface area contributed by atoms with Gasteiger partial charge in [-0.15, -0.1) is 0 Å². The number of nitrogens with one attached hydrogen (secondary N) is 2. The lowest BCUT2D eigenvalue weighted by Gasteiger charge is -2.28. The highest BCUT2D eigenvalue weighted by Crippen LogP contribution is 2.39. The van der Waals surface area contributed by atoms with Gasteiger partial charge in [0, 0.05) is 41.4 Å². The smallest absolute Gasteiger partial charge is 0.315 e.